The molecular weight excluding hydrogens is 190 g/mol. The molecule has 1 unspecified atom stereocenters. The normalized spacial score (nSPS) is 15.3. The number of hydrogen-bond donors (Lipinski definition) is 1. The minimum atomic E-state index is -0.572. The van der Waals surface area contributed by atoms with E-state index in [1.807, 2.05) is 24.3 Å². The first-order chi connectivity index (χ1) is 6.73. The SMILES string of the molecule is CCCCC(N)(O[SiH3])c1cc[c]cc1. The van der Waals surface area contributed by atoms with Crippen molar-refractivity contribution in [3.63, 3.8) is 0 Å². The Morgan fingerprint density at radius 1 is 1.50 bits per heavy atom. The molecule has 1 aromatic rings. The molecule has 1 radical (unpaired) electrons. The lowest BCUT2D eigenvalue weighted by molar-refractivity contribution is 0.0722. The standard InChI is InChI=1S/C11H18NOSi/c1-2-3-9-11(12,13-14)10-7-5-4-6-8-10/h5-8H,2-3,9,12H2,1,14H3. The van der Waals surface area contributed by atoms with Crippen molar-refractivity contribution < 1.29 is 4.43 Å². The second-order valence-corrected chi connectivity index (χ2v) is 3.89. The first-order valence-electron chi connectivity index (χ1n) is 5.03. The van der Waals surface area contributed by atoms with E-state index in [9.17, 15) is 0 Å². The van der Waals surface area contributed by atoms with Gasteiger partial charge in [0.05, 0.1) is 0 Å². The summed E-state index contributed by atoms with van der Waals surface area (Å²) >= 11 is 0. The molecule has 0 saturated heterocycles. The fourth-order valence-corrected chi connectivity index (χ4v) is 1.91. The summed E-state index contributed by atoms with van der Waals surface area (Å²) in [6, 6.07) is 10.7. The van der Waals surface area contributed by atoms with E-state index < -0.39 is 5.72 Å². The molecule has 1 aromatic carbocycles. The highest BCUT2D eigenvalue weighted by atomic mass is 28.2. The van der Waals surface area contributed by atoms with Gasteiger partial charge in [-0.15, -0.1) is 0 Å². The third-order valence-electron chi connectivity index (χ3n) is 2.47. The van der Waals surface area contributed by atoms with Crippen molar-refractivity contribution in [3.05, 3.63) is 35.9 Å². The molecule has 1 atom stereocenters. The zero-order valence-corrected chi connectivity index (χ0v) is 10.9. The van der Waals surface area contributed by atoms with Crippen LogP contribution in [0.2, 0.25) is 0 Å². The summed E-state index contributed by atoms with van der Waals surface area (Å²) in [5.74, 6) is 0. The van der Waals surface area contributed by atoms with E-state index in [1.54, 1.807) is 0 Å². The van der Waals surface area contributed by atoms with Crippen LogP contribution < -0.4 is 5.73 Å². The Labute approximate surface area is 89.0 Å². The molecule has 77 valence electrons. The lowest BCUT2D eigenvalue weighted by Crippen LogP contribution is -2.39. The maximum absolute atomic E-state index is 6.20. The van der Waals surface area contributed by atoms with Gasteiger partial charge in [-0.05, 0) is 24.5 Å². The van der Waals surface area contributed by atoms with Crippen LogP contribution in [0.25, 0.3) is 0 Å². The van der Waals surface area contributed by atoms with Crippen LogP contribution in [0.3, 0.4) is 0 Å². The van der Waals surface area contributed by atoms with Gasteiger partial charge in [-0.3, -0.25) is 0 Å². The summed E-state index contributed by atoms with van der Waals surface area (Å²) in [5, 5.41) is 0. The fraction of sp³-hybridized carbons (Fsp3) is 0.455. The maximum Gasteiger partial charge on any atom is 0.148 e. The third kappa shape index (κ3) is 2.67. The van der Waals surface area contributed by atoms with Gasteiger partial charge in [0.25, 0.3) is 0 Å². The monoisotopic (exact) mass is 208 g/mol. The topological polar surface area (TPSA) is 35.2 Å². The highest BCUT2D eigenvalue weighted by Crippen LogP contribution is 2.24. The van der Waals surface area contributed by atoms with Crippen molar-refractivity contribution in [2.24, 2.45) is 5.73 Å². The Hall–Kier alpha value is -0.643. The molecule has 0 bridgehead atoms. The maximum atomic E-state index is 6.20. The van der Waals surface area contributed by atoms with Crippen LogP contribution in [0.15, 0.2) is 24.3 Å². The van der Waals surface area contributed by atoms with Gasteiger partial charge in [-0.1, -0.05) is 37.6 Å². The second kappa shape index (κ2) is 5.29. The van der Waals surface area contributed by atoms with Gasteiger partial charge in [0, 0.05) is 0 Å². The summed E-state index contributed by atoms with van der Waals surface area (Å²) in [6.45, 7) is 2.16. The summed E-state index contributed by atoms with van der Waals surface area (Å²) < 4.78 is 5.53. The van der Waals surface area contributed by atoms with E-state index in [0.29, 0.717) is 10.5 Å². The summed E-state index contributed by atoms with van der Waals surface area (Å²) in [4.78, 5) is 0. The molecule has 0 aliphatic rings. The van der Waals surface area contributed by atoms with Gasteiger partial charge in [0.2, 0.25) is 0 Å². The van der Waals surface area contributed by atoms with Crippen LogP contribution in [0.5, 0.6) is 0 Å². The molecular formula is C11H18NOSi. The number of benzene rings is 1. The van der Waals surface area contributed by atoms with Gasteiger partial charge in [-0.25, -0.2) is 0 Å². The summed E-state index contributed by atoms with van der Waals surface area (Å²) in [7, 11) is 0.663. The van der Waals surface area contributed by atoms with Crippen LogP contribution >= 0.6 is 0 Å². The van der Waals surface area contributed by atoms with E-state index in [-0.39, 0.29) is 0 Å². The zero-order valence-electron chi connectivity index (χ0n) is 8.92. The van der Waals surface area contributed by atoms with E-state index in [1.165, 1.54) is 0 Å². The molecule has 1 rings (SSSR count). The number of rotatable bonds is 5. The smallest absolute Gasteiger partial charge is 0.148 e. The molecule has 2 nitrogen and oxygen atoms in total. The minimum Gasteiger partial charge on any atom is -0.407 e. The Morgan fingerprint density at radius 2 is 2.14 bits per heavy atom. The van der Waals surface area contributed by atoms with Crippen LogP contribution in [0, 0.1) is 6.07 Å². The quantitative estimate of drug-likeness (QED) is 0.580. The first kappa shape index (κ1) is 11.4. The van der Waals surface area contributed by atoms with Gasteiger partial charge in [0.15, 0.2) is 0 Å². The van der Waals surface area contributed by atoms with E-state index >= 15 is 0 Å². The molecule has 0 fully saturated rings. The molecule has 0 amide bonds. The molecule has 0 spiro atoms. The van der Waals surface area contributed by atoms with Gasteiger partial charge in [0.1, 0.15) is 16.2 Å². The van der Waals surface area contributed by atoms with Crippen molar-refractivity contribution in [2.45, 2.75) is 31.9 Å². The van der Waals surface area contributed by atoms with Crippen LogP contribution in [-0.2, 0) is 10.2 Å². The van der Waals surface area contributed by atoms with Gasteiger partial charge in [-0.2, -0.15) is 0 Å². The Balaban J connectivity index is 2.79. The average molecular weight is 208 g/mol. The molecule has 0 aromatic heterocycles. The molecule has 3 heteroatoms. The van der Waals surface area contributed by atoms with Crippen molar-refractivity contribution in [2.75, 3.05) is 0 Å². The van der Waals surface area contributed by atoms with Crippen molar-refractivity contribution in [1.82, 2.24) is 0 Å². The number of nitrogens with two attached hydrogens (primary N) is 1. The zero-order chi connectivity index (χ0) is 10.4. The lowest BCUT2D eigenvalue weighted by atomic mass is 9.98. The molecule has 2 N–H and O–H groups in total. The Kier molecular flexibility index (Phi) is 4.32. The second-order valence-electron chi connectivity index (χ2n) is 3.49. The Morgan fingerprint density at radius 3 is 2.64 bits per heavy atom. The average Bonchev–Trinajstić information content (AvgIpc) is 2.27. The first-order valence-corrected chi connectivity index (χ1v) is 5.85. The van der Waals surface area contributed by atoms with Crippen molar-refractivity contribution in [3.8, 4) is 0 Å². The van der Waals surface area contributed by atoms with E-state index in [0.717, 1.165) is 24.8 Å². The minimum absolute atomic E-state index is 0.572. The molecule has 0 saturated carbocycles. The predicted octanol–water partition coefficient (Wildman–Crippen LogP) is 1.09. The largest absolute Gasteiger partial charge is 0.407 e. The van der Waals surface area contributed by atoms with Gasteiger partial charge < -0.3 is 10.2 Å². The third-order valence-corrected chi connectivity index (χ3v) is 3.20. The fourth-order valence-electron chi connectivity index (χ4n) is 1.47. The molecule has 0 aliphatic carbocycles. The number of hydrogen-bond acceptors (Lipinski definition) is 2. The number of unbranched alkanes of at least 4 members (excludes halogenated alkanes) is 1. The van der Waals surface area contributed by atoms with Crippen LogP contribution in [0.1, 0.15) is 31.7 Å². The highest BCUT2D eigenvalue weighted by molar-refractivity contribution is 5.98. The summed E-state index contributed by atoms with van der Waals surface area (Å²) in [6.07, 6.45) is 3.12. The van der Waals surface area contributed by atoms with Gasteiger partial charge >= 0.3 is 0 Å². The predicted molar refractivity (Wildman–Crippen MR) is 61.7 cm³/mol. The molecule has 0 aliphatic heterocycles. The van der Waals surface area contributed by atoms with E-state index in [2.05, 4.69) is 13.0 Å². The van der Waals surface area contributed by atoms with E-state index in [4.69, 9.17) is 10.2 Å². The van der Waals surface area contributed by atoms with Crippen LogP contribution in [0.4, 0.5) is 0 Å². The molecule has 14 heavy (non-hydrogen) atoms. The lowest BCUT2D eigenvalue weighted by Gasteiger charge is -2.29. The van der Waals surface area contributed by atoms with Crippen molar-refractivity contribution >= 4 is 10.5 Å². The van der Waals surface area contributed by atoms with Crippen LogP contribution in [-0.4, -0.2) is 10.5 Å². The Bertz CT molecular complexity index is 265. The summed E-state index contributed by atoms with van der Waals surface area (Å²) in [5.41, 5.74) is 6.69. The van der Waals surface area contributed by atoms with Crippen molar-refractivity contribution in [1.29, 1.82) is 0 Å². The highest BCUT2D eigenvalue weighted by Gasteiger charge is 2.24. The molecule has 0 heterocycles.